The fourth-order valence-electron chi connectivity index (χ4n) is 0.268. The maximum Gasteiger partial charge on any atom is 0.149 e. The number of hydrogen-bond donors (Lipinski definition) is 1. The van der Waals surface area contributed by atoms with E-state index in [1.165, 1.54) is 0 Å². The van der Waals surface area contributed by atoms with Gasteiger partial charge in [0.1, 0.15) is 6.55 Å². The van der Waals surface area contributed by atoms with Gasteiger partial charge in [0, 0.05) is 11.5 Å². The fraction of sp³-hybridized carbons (Fsp3) is 1.00. The Morgan fingerprint density at radius 2 is 1.83 bits per heavy atom. The first-order valence-corrected chi connectivity index (χ1v) is 6.12. The highest BCUT2D eigenvalue weighted by molar-refractivity contribution is 8.88. The molecule has 0 aliphatic carbocycles. The van der Waals surface area contributed by atoms with Gasteiger partial charge in [-0.2, -0.15) is 0 Å². The largest absolute Gasteiger partial charge is 0.355 e. The molecule has 0 radical (unpaired) electrons. The van der Waals surface area contributed by atoms with Crippen LogP contribution in [0.25, 0.3) is 0 Å². The molecule has 36 valence electrons. The van der Waals surface area contributed by atoms with Crippen molar-refractivity contribution in [3.63, 3.8) is 0 Å². The lowest BCUT2D eigenvalue weighted by atomic mass is 11.0. The van der Waals surface area contributed by atoms with Crippen LogP contribution in [0.5, 0.6) is 0 Å². The molecule has 0 aromatic rings. The topological polar surface area (TPSA) is 20.2 Å². The van der Waals surface area contributed by atoms with Crippen LogP contribution in [0.1, 0.15) is 0 Å². The third kappa shape index (κ3) is 1.30. The van der Waals surface area contributed by atoms with Gasteiger partial charge in [0.25, 0.3) is 0 Å². The molecule has 1 saturated heterocycles. The van der Waals surface area contributed by atoms with Crippen molar-refractivity contribution in [2.45, 2.75) is 0 Å². The molecule has 1 aliphatic heterocycles. The third-order valence-corrected chi connectivity index (χ3v) is 6.28. The molecule has 1 aliphatic rings. The van der Waals surface area contributed by atoms with E-state index in [2.05, 4.69) is 0 Å². The van der Waals surface area contributed by atoms with Gasteiger partial charge in [-0.3, -0.25) is 0 Å². The minimum absolute atomic E-state index is 0.632. The lowest BCUT2D eigenvalue weighted by Crippen LogP contribution is -1.64. The second-order valence-electron chi connectivity index (χ2n) is 0.904. The molecular formula is C2H5OPS2. The Bertz CT molecular complexity index is 44.8. The van der Waals surface area contributed by atoms with Gasteiger partial charge in [-0.1, -0.05) is 22.8 Å². The molecule has 0 aromatic carbocycles. The Morgan fingerprint density at radius 3 is 2.00 bits per heavy atom. The minimum Gasteiger partial charge on any atom is -0.355 e. The molecule has 4 heteroatoms. The van der Waals surface area contributed by atoms with E-state index in [0.29, 0.717) is 0 Å². The van der Waals surface area contributed by atoms with Gasteiger partial charge < -0.3 is 4.89 Å². The molecule has 0 amide bonds. The molecule has 1 nitrogen and oxygen atoms in total. The normalized spacial score (nSPS) is 25.5. The van der Waals surface area contributed by atoms with Crippen LogP contribution < -0.4 is 0 Å². The first-order valence-electron chi connectivity index (χ1n) is 1.64. The summed E-state index contributed by atoms with van der Waals surface area (Å²) in [6.45, 7) is -0.632. The molecule has 1 N–H and O–H groups in total. The van der Waals surface area contributed by atoms with Gasteiger partial charge in [-0.15, -0.1) is 0 Å². The van der Waals surface area contributed by atoms with Gasteiger partial charge in [0.2, 0.25) is 0 Å². The van der Waals surface area contributed by atoms with E-state index in [9.17, 15) is 0 Å². The first kappa shape index (κ1) is 5.23. The molecule has 0 bridgehead atoms. The van der Waals surface area contributed by atoms with Crippen LogP contribution in [-0.4, -0.2) is 16.4 Å². The molecule has 0 aromatic heterocycles. The first-order chi connectivity index (χ1) is 2.89. The Balaban J connectivity index is 2.18. The summed E-state index contributed by atoms with van der Waals surface area (Å²) in [7, 11) is 0. The van der Waals surface area contributed by atoms with Crippen LogP contribution in [0, 0.1) is 0 Å². The van der Waals surface area contributed by atoms with E-state index in [0.717, 1.165) is 11.5 Å². The van der Waals surface area contributed by atoms with E-state index in [1.54, 1.807) is 22.8 Å². The van der Waals surface area contributed by atoms with Crippen LogP contribution in [0.4, 0.5) is 0 Å². The second-order valence-corrected chi connectivity index (χ2v) is 7.03. The Kier molecular flexibility index (Phi) is 2.10. The van der Waals surface area contributed by atoms with E-state index < -0.39 is 6.55 Å². The van der Waals surface area contributed by atoms with E-state index >= 15 is 0 Å². The molecule has 1 heterocycles. The van der Waals surface area contributed by atoms with E-state index in [1.807, 2.05) is 0 Å². The summed E-state index contributed by atoms with van der Waals surface area (Å²) in [6.07, 6.45) is 0. The van der Waals surface area contributed by atoms with Crippen LogP contribution >= 0.6 is 29.3 Å². The maximum atomic E-state index is 8.72. The van der Waals surface area contributed by atoms with Crippen molar-refractivity contribution in [3.05, 3.63) is 0 Å². The Labute approximate surface area is 46.2 Å². The average molecular weight is 140 g/mol. The zero-order valence-corrected chi connectivity index (χ0v) is 5.65. The summed E-state index contributed by atoms with van der Waals surface area (Å²) in [6, 6.07) is 0. The molecule has 0 atom stereocenters. The highest BCUT2D eigenvalue weighted by Gasteiger charge is 2.11. The monoisotopic (exact) mass is 140 g/mol. The van der Waals surface area contributed by atoms with Crippen LogP contribution in [-0.2, 0) is 0 Å². The molecule has 0 unspecified atom stereocenters. The highest BCUT2D eigenvalue weighted by atomic mass is 33.1. The maximum absolute atomic E-state index is 8.72. The molecule has 6 heavy (non-hydrogen) atoms. The second kappa shape index (κ2) is 2.41. The summed E-state index contributed by atoms with van der Waals surface area (Å²) in [5.41, 5.74) is 0. The lowest BCUT2D eigenvalue weighted by Gasteiger charge is -1.89. The third-order valence-electron chi connectivity index (χ3n) is 0.487. The van der Waals surface area contributed by atoms with Crippen molar-refractivity contribution >= 4 is 29.3 Å². The average Bonchev–Trinajstić information content (AvgIpc) is 1.86. The summed E-state index contributed by atoms with van der Waals surface area (Å²) < 4.78 is 0. The molecule has 1 fully saturated rings. The molecule has 1 rings (SSSR count). The lowest BCUT2D eigenvalue weighted by molar-refractivity contribution is 0.656. The molecule has 0 spiro atoms. The van der Waals surface area contributed by atoms with E-state index in [-0.39, 0.29) is 0 Å². The van der Waals surface area contributed by atoms with Gasteiger partial charge in [0.05, 0.1) is 0 Å². The van der Waals surface area contributed by atoms with Gasteiger partial charge in [0.15, 0.2) is 0 Å². The summed E-state index contributed by atoms with van der Waals surface area (Å²) >= 11 is 3.36. The van der Waals surface area contributed by atoms with Crippen molar-refractivity contribution in [2.24, 2.45) is 0 Å². The van der Waals surface area contributed by atoms with Crippen LogP contribution in [0.3, 0.4) is 0 Å². The summed E-state index contributed by atoms with van der Waals surface area (Å²) in [4.78, 5) is 8.72. The Hall–Kier alpha value is 1.09. The van der Waals surface area contributed by atoms with Crippen molar-refractivity contribution < 1.29 is 4.89 Å². The Morgan fingerprint density at radius 1 is 1.33 bits per heavy atom. The van der Waals surface area contributed by atoms with Gasteiger partial charge in [-0.05, 0) is 0 Å². The predicted molar refractivity (Wildman–Crippen MR) is 34.1 cm³/mol. The summed E-state index contributed by atoms with van der Waals surface area (Å²) in [5.74, 6) is 2.29. The zero-order chi connectivity index (χ0) is 4.41. The molecular weight excluding hydrogens is 135 g/mol. The van der Waals surface area contributed by atoms with E-state index in [4.69, 9.17) is 4.89 Å². The van der Waals surface area contributed by atoms with Crippen molar-refractivity contribution in [3.8, 4) is 0 Å². The number of hydrogen-bond acceptors (Lipinski definition) is 3. The SMILES string of the molecule is OP1SCCS1. The highest BCUT2D eigenvalue weighted by Crippen LogP contribution is 2.62. The van der Waals surface area contributed by atoms with Crippen molar-refractivity contribution in [1.82, 2.24) is 0 Å². The van der Waals surface area contributed by atoms with Crippen molar-refractivity contribution in [2.75, 3.05) is 11.5 Å². The van der Waals surface area contributed by atoms with Gasteiger partial charge in [-0.25, -0.2) is 0 Å². The summed E-state index contributed by atoms with van der Waals surface area (Å²) in [5, 5.41) is 0. The fourth-order valence-corrected chi connectivity index (χ4v) is 5.77. The van der Waals surface area contributed by atoms with Gasteiger partial charge >= 0.3 is 0 Å². The minimum atomic E-state index is -0.632. The quantitative estimate of drug-likeness (QED) is 0.517. The predicted octanol–water partition coefficient (Wildman–Crippen LogP) is 1.69. The van der Waals surface area contributed by atoms with Crippen molar-refractivity contribution in [1.29, 1.82) is 0 Å². The zero-order valence-electron chi connectivity index (χ0n) is 3.13. The number of rotatable bonds is 0. The van der Waals surface area contributed by atoms with Crippen LogP contribution in [0.2, 0.25) is 0 Å². The van der Waals surface area contributed by atoms with Crippen LogP contribution in [0.15, 0.2) is 0 Å². The molecule has 0 saturated carbocycles. The smallest absolute Gasteiger partial charge is 0.149 e. The standard InChI is InChI=1S/C2H5OPS2/c3-4-5-1-2-6-4/h3H,1-2H2.